The molecule has 3 aromatic rings. The smallest absolute Gasteiger partial charge is 0.281 e. The Morgan fingerprint density at radius 3 is 2.77 bits per heavy atom. The van der Waals surface area contributed by atoms with Gasteiger partial charge in [0.25, 0.3) is 5.56 Å². The van der Waals surface area contributed by atoms with E-state index in [1.807, 2.05) is 18.3 Å². The number of nitrogens with two attached hydrogens (primary N) is 1. The van der Waals surface area contributed by atoms with Crippen LogP contribution < -0.4 is 16.3 Å². The van der Waals surface area contributed by atoms with Crippen molar-refractivity contribution in [1.29, 1.82) is 0 Å². The van der Waals surface area contributed by atoms with E-state index < -0.39 is 0 Å². The summed E-state index contributed by atoms with van der Waals surface area (Å²) in [5, 5.41) is 1.40. The van der Waals surface area contributed by atoms with Gasteiger partial charge in [0.1, 0.15) is 10.6 Å². The van der Waals surface area contributed by atoms with Gasteiger partial charge in [-0.2, -0.15) is 0 Å². The number of hydrogen-bond acceptors (Lipinski definition) is 8. The molecular weight excluding hydrogens is 428 g/mol. The van der Waals surface area contributed by atoms with Crippen molar-refractivity contribution in [2.24, 2.45) is 0 Å². The van der Waals surface area contributed by atoms with Gasteiger partial charge >= 0.3 is 0 Å². The van der Waals surface area contributed by atoms with Crippen molar-refractivity contribution >= 4 is 39.1 Å². The molecule has 1 saturated heterocycles. The van der Waals surface area contributed by atoms with Crippen LogP contribution in [0.25, 0.3) is 10.2 Å². The normalized spacial score (nSPS) is 17.2. The fraction of sp³-hybridized carbons (Fsp3) is 0.500. The van der Waals surface area contributed by atoms with Gasteiger partial charge in [0.15, 0.2) is 5.16 Å². The van der Waals surface area contributed by atoms with Crippen LogP contribution in [0.3, 0.4) is 0 Å². The highest BCUT2D eigenvalue weighted by Crippen LogP contribution is 2.34. The molecule has 164 valence electrons. The number of aromatic nitrogens is 3. The van der Waals surface area contributed by atoms with Crippen molar-refractivity contribution in [2.75, 3.05) is 49.2 Å². The molecular formula is C22H28N6OS2. The first kappa shape index (κ1) is 20.8. The zero-order chi connectivity index (χ0) is 21.2. The van der Waals surface area contributed by atoms with Crippen LogP contribution in [-0.2, 0) is 12.8 Å². The van der Waals surface area contributed by atoms with Crippen LogP contribution in [-0.4, -0.2) is 58.0 Å². The molecule has 4 heterocycles. The van der Waals surface area contributed by atoms with Gasteiger partial charge in [-0.1, -0.05) is 17.8 Å². The molecule has 0 atom stereocenters. The molecule has 1 aliphatic heterocycles. The zero-order valence-electron chi connectivity index (χ0n) is 17.6. The minimum atomic E-state index is -0.0856. The topological polar surface area (TPSA) is 80.3 Å². The number of thioether (sulfide) groups is 1. The lowest BCUT2D eigenvalue weighted by atomic mass is 9.97. The molecule has 9 heteroatoms. The summed E-state index contributed by atoms with van der Waals surface area (Å²) in [7, 11) is 0. The van der Waals surface area contributed by atoms with Gasteiger partial charge in [0.05, 0.1) is 5.39 Å². The van der Waals surface area contributed by atoms with Crippen molar-refractivity contribution in [3.8, 4) is 0 Å². The van der Waals surface area contributed by atoms with Crippen LogP contribution in [0.5, 0.6) is 0 Å². The maximum Gasteiger partial charge on any atom is 0.281 e. The fourth-order valence-electron chi connectivity index (χ4n) is 4.49. The van der Waals surface area contributed by atoms with Crippen molar-refractivity contribution < 1.29 is 0 Å². The molecule has 2 aliphatic rings. The molecule has 5 rings (SSSR count). The van der Waals surface area contributed by atoms with E-state index in [4.69, 9.17) is 10.8 Å². The first-order valence-electron chi connectivity index (χ1n) is 11.0. The van der Waals surface area contributed by atoms with Crippen LogP contribution in [0.15, 0.2) is 34.3 Å². The van der Waals surface area contributed by atoms with Gasteiger partial charge in [-0.05, 0) is 56.3 Å². The number of piperazine rings is 1. The molecule has 3 aromatic heterocycles. The summed E-state index contributed by atoms with van der Waals surface area (Å²) in [4.78, 5) is 29.1. The van der Waals surface area contributed by atoms with Crippen LogP contribution in [0.4, 0.5) is 5.82 Å². The van der Waals surface area contributed by atoms with E-state index in [1.54, 1.807) is 23.1 Å². The molecule has 0 saturated carbocycles. The van der Waals surface area contributed by atoms with Crippen LogP contribution in [0.1, 0.15) is 29.7 Å². The molecule has 1 aliphatic carbocycles. The van der Waals surface area contributed by atoms with Crippen molar-refractivity contribution in [3.63, 3.8) is 0 Å². The molecule has 0 amide bonds. The maximum absolute atomic E-state index is 12.9. The van der Waals surface area contributed by atoms with E-state index in [9.17, 15) is 4.79 Å². The van der Waals surface area contributed by atoms with E-state index in [1.165, 1.54) is 21.5 Å². The number of rotatable bonds is 6. The van der Waals surface area contributed by atoms with E-state index in [-0.39, 0.29) is 5.56 Å². The molecule has 1 fully saturated rings. The van der Waals surface area contributed by atoms with Gasteiger partial charge in [-0.25, -0.2) is 14.6 Å². The summed E-state index contributed by atoms with van der Waals surface area (Å²) < 4.78 is 1.26. The predicted molar refractivity (Wildman–Crippen MR) is 129 cm³/mol. The Kier molecular flexibility index (Phi) is 6.15. The summed E-state index contributed by atoms with van der Waals surface area (Å²) in [6.07, 6.45) is 7.29. The summed E-state index contributed by atoms with van der Waals surface area (Å²) in [5.74, 6) is 8.11. The highest BCUT2D eigenvalue weighted by Gasteiger charge is 2.22. The zero-order valence-corrected chi connectivity index (χ0v) is 19.3. The highest BCUT2D eigenvalue weighted by atomic mass is 32.2. The second-order valence-electron chi connectivity index (χ2n) is 8.18. The predicted octanol–water partition coefficient (Wildman–Crippen LogP) is 2.75. The Hall–Kier alpha value is -2.10. The van der Waals surface area contributed by atoms with Crippen molar-refractivity contribution in [3.05, 3.63) is 45.2 Å². The van der Waals surface area contributed by atoms with Crippen LogP contribution in [0, 0.1) is 0 Å². The quantitative estimate of drug-likeness (QED) is 0.264. The second-order valence-corrected chi connectivity index (χ2v) is 10.3. The molecule has 2 N–H and O–H groups in total. The third-order valence-corrected chi connectivity index (χ3v) is 8.41. The van der Waals surface area contributed by atoms with Gasteiger partial charge < -0.3 is 10.7 Å². The summed E-state index contributed by atoms with van der Waals surface area (Å²) >= 11 is 3.28. The lowest BCUT2D eigenvalue weighted by molar-refractivity contribution is 0.258. The number of nitrogens with zero attached hydrogens (tertiary/aromatic N) is 5. The van der Waals surface area contributed by atoms with E-state index >= 15 is 0 Å². The summed E-state index contributed by atoms with van der Waals surface area (Å²) in [6.45, 7) is 5.16. The molecule has 31 heavy (non-hydrogen) atoms. The Morgan fingerprint density at radius 1 is 1.13 bits per heavy atom. The van der Waals surface area contributed by atoms with Crippen LogP contribution in [0.2, 0.25) is 0 Å². The third-order valence-electron chi connectivity index (χ3n) is 6.18. The maximum atomic E-state index is 12.9. The summed E-state index contributed by atoms with van der Waals surface area (Å²) in [6, 6.07) is 6.07. The highest BCUT2D eigenvalue weighted by molar-refractivity contribution is 7.99. The number of fused-ring (bicyclic) bond motifs is 3. The third kappa shape index (κ3) is 4.31. The van der Waals surface area contributed by atoms with E-state index in [0.717, 1.165) is 80.2 Å². The van der Waals surface area contributed by atoms with Crippen LogP contribution >= 0.6 is 23.1 Å². The Labute approximate surface area is 190 Å². The molecule has 0 aromatic carbocycles. The number of anilines is 1. The second kappa shape index (κ2) is 9.18. The Bertz CT molecular complexity index is 1100. The van der Waals surface area contributed by atoms with Gasteiger partial charge in [-0.15, -0.1) is 11.3 Å². The molecule has 7 nitrogen and oxygen atoms in total. The lowest BCUT2D eigenvalue weighted by Gasteiger charge is -2.35. The first-order valence-corrected chi connectivity index (χ1v) is 12.8. The lowest BCUT2D eigenvalue weighted by Crippen LogP contribution is -2.47. The van der Waals surface area contributed by atoms with E-state index in [0.29, 0.717) is 5.16 Å². The van der Waals surface area contributed by atoms with Gasteiger partial charge in [0, 0.05) is 43.0 Å². The van der Waals surface area contributed by atoms with Crippen molar-refractivity contribution in [1.82, 2.24) is 19.5 Å². The SMILES string of the molecule is Nn1c(SCCCN2CCN(c3ccccn3)CC2)nc2sc3c(c2c1=O)CCCC3. The molecule has 0 bridgehead atoms. The number of pyridine rings is 1. The van der Waals surface area contributed by atoms with Crippen molar-refractivity contribution in [2.45, 2.75) is 37.3 Å². The number of aryl methyl sites for hydroxylation is 2. The molecule has 0 radical (unpaired) electrons. The minimum Gasteiger partial charge on any atom is -0.354 e. The minimum absolute atomic E-state index is 0.0856. The monoisotopic (exact) mass is 456 g/mol. The number of nitrogen functional groups attached to an aromatic ring is 1. The number of hydrogen-bond donors (Lipinski definition) is 1. The standard InChI is InChI=1S/C22H28N6OS2/c23-28-21(29)19-16-6-1-2-7-17(16)31-20(19)25-22(28)30-15-5-10-26-11-13-27(14-12-26)18-8-3-4-9-24-18/h3-4,8-9H,1-2,5-7,10-15,23H2. The summed E-state index contributed by atoms with van der Waals surface area (Å²) in [5.41, 5.74) is 1.11. The Morgan fingerprint density at radius 2 is 1.97 bits per heavy atom. The first-order chi connectivity index (χ1) is 15.2. The fourth-order valence-corrected chi connectivity index (χ4v) is 6.64. The van der Waals surface area contributed by atoms with Gasteiger partial charge in [0.2, 0.25) is 0 Å². The van der Waals surface area contributed by atoms with Gasteiger partial charge in [-0.3, -0.25) is 9.69 Å². The number of thiophene rings is 1. The molecule has 0 spiro atoms. The Balaban J connectivity index is 1.15. The average molecular weight is 457 g/mol. The largest absolute Gasteiger partial charge is 0.354 e. The average Bonchev–Trinajstić information content (AvgIpc) is 3.19. The molecule has 0 unspecified atom stereocenters. The van der Waals surface area contributed by atoms with E-state index in [2.05, 4.69) is 20.9 Å².